The van der Waals surface area contributed by atoms with E-state index in [-0.39, 0.29) is 18.0 Å². The van der Waals surface area contributed by atoms with Crippen LogP contribution >= 0.6 is 0 Å². The topological polar surface area (TPSA) is 38.3 Å². The molecule has 0 aromatic heterocycles. The molecule has 0 aliphatic rings. The Balaban J connectivity index is 2.70. The van der Waals surface area contributed by atoms with Crippen LogP contribution in [0.2, 0.25) is 0 Å². The second-order valence-electron chi connectivity index (χ2n) is 4.67. The maximum Gasteiger partial charge on any atom is 0.573 e. The first-order valence-corrected chi connectivity index (χ1v) is 5.71. The van der Waals surface area contributed by atoms with E-state index in [0.717, 1.165) is 0 Å². The van der Waals surface area contributed by atoms with E-state index in [2.05, 4.69) is 10.1 Å². The van der Waals surface area contributed by atoms with E-state index in [1.54, 1.807) is 20.9 Å². The molecule has 0 saturated heterocycles. The molecule has 0 aliphatic heterocycles. The Morgan fingerprint density at radius 2 is 1.74 bits per heavy atom. The Bertz CT molecular complexity index is 438. The van der Waals surface area contributed by atoms with Gasteiger partial charge in [-0.3, -0.25) is 4.79 Å². The SMILES string of the molecule is CNC(C)(C)C(=O)Cc1ccc(OC(F)(F)F)cc1. The number of hydrogen-bond acceptors (Lipinski definition) is 3. The fourth-order valence-corrected chi connectivity index (χ4v) is 1.35. The highest BCUT2D eigenvalue weighted by Crippen LogP contribution is 2.23. The number of hydrogen-bond donors (Lipinski definition) is 1. The highest BCUT2D eigenvalue weighted by Gasteiger charge is 2.31. The van der Waals surface area contributed by atoms with Crippen LogP contribution < -0.4 is 10.1 Å². The van der Waals surface area contributed by atoms with Gasteiger partial charge < -0.3 is 10.1 Å². The van der Waals surface area contributed by atoms with E-state index >= 15 is 0 Å². The van der Waals surface area contributed by atoms with Gasteiger partial charge in [-0.25, -0.2) is 0 Å². The van der Waals surface area contributed by atoms with Crippen molar-refractivity contribution in [3.05, 3.63) is 29.8 Å². The summed E-state index contributed by atoms with van der Waals surface area (Å²) in [7, 11) is 1.68. The molecule has 1 aromatic rings. The van der Waals surface area contributed by atoms with Crippen LogP contribution in [0.15, 0.2) is 24.3 Å². The minimum Gasteiger partial charge on any atom is -0.406 e. The van der Waals surface area contributed by atoms with Gasteiger partial charge in [-0.1, -0.05) is 12.1 Å². The minimum absolute atomic E-state index is 0.0421. The number of ketones is 1. The number of ether oxygens (including phenoxy) is 1. The third-order valence-electron chi connectivity index (χ3n) is 2.84. The number of halogens is 3. The molecule has 6 heteroatoms. The Kier molecular flexibility index (Phi) is 4.57. The average molecular weight is 275 g/mol. The molecule has 0 aliphatic carbocycles. The molecule has 1 aromatic carbocycles. The van der Waals surface area contributed by atoms with Crippen molar-refractivity contribution in [3.8, 4) is 5.75 Å². The molecule has 0 spiro atoms. The van der Waals surface area contributed by atoms with Crippen molar-refractivity contribution in [2.24, 2.45) is 0 Å². The number of benzene rings is 1. The molecule has 0 unspecified atom stereocenters. The normalized spacial score (nSPS) is 12.3. The second kappa shape index (κ2) is 5.61. The number of rotatable bonds is 5. The van der Waals surface area contributed by atoms with Gasteiger partial charge in [0.15, 0.2) is 5.78 Å². The lowest BCUT2D eigenvalue weighted by atomic mass is 9.94. The lowest BCUT2D eigenvalue weighted by Gasteiger charge is -2.22. The summed E-state index contributed by atoms with van der Waals surface area (Å²) in [6, 6.07) is 5.29. The Morgan fingerprint density at radius 1 is 1.21 bits per heavy atom. The number of likely N-dealkylation sites (N-methyl/N-ethyl adjacent to an activating group) is 1. The van der Waals surface area contributed by atoms with Crippen molar-refractivity contribution >= 4 is 5.78 Å². The van der Waals surface area contributed by atoms with Gasteiger partial charge in [-0.05, 0) is 38.6 Å². The summed E-state index contributed by atoms with van der Waals surface area (Å²) in [6.07, 6.45) is -4.55. The van der Waals surface area contributed by atoms with Crippen molar-refractivity contribution in [2.75, 3.05) is 7.05 Å². The lowest BCUT2D eigenvalue weighted by Crippen LogP contribution is -2.45. The van der Waals surface area contributed by atoms with Crippen LogP contribution in [0.5, 0.6) is 5.75 Å². The summed E-state index contributed by atoms with van der Waals surface area (Å²) in [6.45, 7) is 3.49. The number of Topliss-reactive ketones (excluding diaryl/α,β-unsaturated/α-hetero) is 1. The van der Waals surface area contributed by atoms with Gasteiger partial charge in [-0.2, -0.15) is 0 Å². The fourth-order valence-electron chi connectivity index (χ4n) is 1.35. The molecule has 1 N–H and O–H groups in total. The summed E-state index contributed by atoms with van der Waals surface area (Å²) in [5, 5.41) is 2.88. The first-order valence-electron chi connectivity index (χ1n) is 5.71. The van der Waals surface area contributed by atoms with E-state index < -0.39 is 11.9 Å². The van der Waals surface area contributed by atoms with Crippen molar-refractivity contribution in [3.63, 3.8) is 0 Å². The zero-order valence-electron chi connectivity index (χ0n) is 11.0. The molecule has 0 bridgehead atoms. The van der Waals surface area contributed by atoms with Crippen LogP contribution in [-0.4, -0.2) is 24.7 Å². The molecule has 106 valence electrons. The maximum atomic E-state index is 12.0. The number of nitrogens with one attached hydrogen (secondary N) is 1. The quantitative estimate of drug-likeness (QED) is 0.898. The molecule has 0 fully saturated rings. The summed E-state index contributed by atoms with van der Waals surface area (Å²) in [5.74, 6) is -0.337. The second-order valence-corrected chi connectivity index (χ2v) is 4.67. The van der Waals surface area contributed by atoms with Gasteiger partial charge >= 0.3 is 6.36 Å². The van der Waals surface area contributed by atoms with Crippen LogP contribution in [0, 0.1) is 0 Å². The maximum absolute atomic E-state index is 12.0. The summed E-state index contributed by atoms with van der Waals surface area (Å²) in [5.41, 5.74) is -0.0240. The first-order chi connectivity index (χ1) is 8.64. The monoisotopic (exact) mass is 275 g/mol. The highest BCUT2D eigenvalue weighted by atomic mass is 19.4. The van der Waals surface area contributed by atoms with Gasteiger partial charge in [0.05, 0.1) is 5.54 Å². The largest absolute Gasteiger partial charge is 0.573 e. The van der Waals surface area contributed by atoms with Crippen LogP contribution in [0.4, 0.5) is 13.2 Å². The van der Waals surface area contributed by atoms with Crippen LogP contribution in [0.25, 0.3) is 0 Å². The Hall–Kier alpha value is -1.56. The van der Waals surface area contributed by atoms with Crippen molar-refractivity contribution < 1.29 is 22.7 Å². The lowest BCUT2D eigenvalue weighted by molar-refractivity contribution is -0.274. The number of alkyl halides is 3. The van der Waals surface area contributed by atoms with Crippen molar-refractivity contribution in [1.29, 1.82) is 0 Å². The molecule has 1 rings (SSSR count). The van der Waals surface area contributed by atoms with Crippen molar-refractivity contribution in [1.82, 2.24) is 5.32 Å². The predicted octanol–water partition coefficient (Wildman–Crippen LogP) is 2.69. The van der Waals surface area contributed by atoms with Crippen LogP contribution in [-0.2, 0) is 11.2 Å². The molecule has 0 amide bonds. The van der Waals surface area contributed by atoms with Gasteiger partial charge in [0.2, 0.25) is 0 Å². The van der Waals surface area contributed by atoms with E-state index in [1.807, 2.05) is 0 Å². The molecular formula is C13H16F3NO2. The van der Waals surface area contributed by atoms with E-state index in [9.17, 15) is 18.0 Å². The van der Waals surface area contributed by atoms with Gasteiger partial charge in [0.25, 0.3) is 0 Å². The average Bonchev–Trinajstić information content (AvgIpc) is 2.29. The Labute approximate surface area is 109 Å². The van der Waals surface area contributed by atoms with Gasteiger partial charge in [0.1, 0.15) is 5.75 Å². The van der Waals surface area contributed by atoms with Crippen LogP contribution in [0.1, 0.15) is 19.4 Å². The third kappa shape index (κ3) is 4.90. The summed E-state index contributed by atoms with van der Waals surface area (Å²) in [4.78, 5) is 11.9. The molecule has 0 atom stereocenters. The smallest absolute Gasteiger partial charge is 0.406 e. The zero-order chi connectivity index (χ0) is 14.7. The number of carbonyl (C=O) groups is 1. The summed E-state index contributed by atoms with van der Waals surface area (Å²) < 4.78 is 39.7. The third-order valence-corrected chi connectivity index (χ3v) is 2.84. The minimum atomic E-state index is -4.70. The van der Waals surface area contributed by atoms with E-state index in [1.165, 1.54) is 24.3 Å². The number of carbonyl (C=O) groups excluding carboxylic acids is 1. The summed E-state index contributed by atoms with van der Waals surface area (Å²) >= 11 is 0. The zero-order valence-corrected chi connectivity index (χ0v) is 11.0. The van der Waals surface area contributed by atoms with Gasteiger partial charge in [-0.15, -0.1) is 13.2 Å². The molecule has 19 heavy (non-hydrogen) atoms. The van der Waals surface area contributed by atoms with Gasteiger partial charge in [0, 0.05) is 6.42 Å². The van der Waals surface area contributed by atoms with Crippen LogP contribution in [0.3, 0.4) is 0 Å². The molecule has 0 radical (unpaired) electrons. The van der Waals surface area contributed by atoms with E-state index in [4.69, 9.17) is 0 Å². The molecule has 0 saturated carbocycles. The Morgan fingerprint density at radius 3 is 2.16 bits per heavy atom. The van der Waals surface area contributed by atoms with Crippen molar-refractivity contribution in [2.45, 2.75) is 32.2 Å². The molecule has 3 nitrogen and oxygen atoms in total. The first kappa shape index (κ1) is 15.5. The van der Waals surface area contributed by atoms with E-state index in [0.29, 0.717) is 5.56 Å². The highest BCUT2D eigenvalue weighted by molar-refractivity contribution is 5.89. The molecule has 0 heterocycles. The predicted molar refractivity (Wildman–Crippen MR) is 65.0 cm³/mol. The fraction of sp³-hybridized carbons (Fsp3) is 0.462. The standard InChI is InChI=1S/C13H16F3NO2/c1-12(2,17-3)11(18)8-9-4-6-10(7-5-9)19-13(14,15)16/h4-7,17H,8H2,1-3H3. The molecular weight excluding hydrogens is 259 g/mol.